The minimum absolute atomic E-state index is 0.138. The van der Waals surface area contributed by atoms with Crippen molar-refractivity contribution in [2.75, 3.05) is 18.0 Å². The van der Waals surface area contributed by atoms with Crippen molar-refractivity contribution >= 4 is 46.1 Å². The van der Waals surface area contributed by atoms with Crippen LogP contribution in [-0.4, -0.2) is 32.8 Å². The Balaban J connectivity index is 1.85. The SMILES string of the molecule is CCCn1c(N2CCCCC2)c(C=C2SC(=S)N(C(C)c3ccccc3)C2=O)c(C)c(C#N)c1=O. The number of piperidine rings is 1. The lowest BCUT2D eigenvalue weighted by Crippen LogP contribution is -2.37. The fourth-order valence-electron chi connectivity index (χ4n) is 4.85. The molecule has 1 aromatic heterocycles. The zero-order chi connectivity index (χ0) is 25.1. The second kappa shape index (κ2) is 10.8. The largest absolute Gasteiger partial charge is 0.357 e. The fraction of sp³-hybridized carbons (Fsp3) is 0.407. The van der Waals surface area contributed by atoms with Gasteiger partial charge in [-0.25, -0.2) is 0 Å². The van der Waals surface area contributed by atoms with Gasteiger partial charge in [0, 0.05) is 25.2 Å². The minimum atomic E-state index is -0.255. The van der Waals surface area contributed by atoms with Gasteiger partial charge in [-0.3, -0.25) is 19.1 Å². The van der Waals surface area contributed by atoms with Crippen LogP contribution >= 0.6 is 24.0 Å². The van der Waals surface area contributed by atoms with Crippen LogP contribution in [0, 0.1) is 18.3 Å². The molecule has 8 heteroatoms. The highest BCUT2D eigenvalue weighted by atomic mass is 32.2. The van der Waals surface area contributed by atoms with Gasteiger partial charge in [0.2, 0.25) is 0 Å². The second-order valence-corrected chi connectivity index (χ2v) is 10.7. The van der Waals surface area contributed by atoms with E-state index in [-0.39, 0.29) is 23.1 Å². The van der Waals surface area contributed by atoms with Crippen molar-refractivity contribution in [3.8, 4) is 6.07 Å². The van der Waals surface area contributed by atoms with E-state index < -0.39 is 0 Å². The average molecular weight is 507 g/mol. The first-order valence-corrected chi connectivity index (χ1v) is 13.4. The lowest BCUT2D eigenvalue weighted by Gasteiger charge is -2.33. The van der Waals surface area contributed by atoms with E-state index in [2.05, 4.69) is 11.0 Å². The number of pyridine rings is 1. The molecule has 0 bridgehead atoms. The molecular weight excluding hydrogens is 476 g/mol. The molecule has 4 rings (SSSR count). The van der Waals surface area contributed by atoms with Gasteiger partial charge in [-0.2, -0.15) is 5.26 Å². The summed E-state index contributed by atoms with van der Waals surface area (Å²) in [5, 5.41) is 9.81. The predicted molar refractivity (Wildman–Crippen MR) is 146 cm³/mol. The number of anilines is 1. The Morgan fingerprint density at radius 1 is 1.17 bits per heavy atom. The Morgan fingerprint density at radius 3 is 2.49 bits per heavy atom. The number of nitriles is 1. The van der Waals surface area contributed by atoms with Crippen LogP contribution in [0.2, 0.25) is 0 Å². The number of benzene rings is 1. The molecule has 1 atom stereocenters. The van der Waals surface area contributed by atoms with Crippen LogP contribution < -0.4 is 10.5 Å². The Labute approximate surface area is 216 Å². The number of thioether (sulfide) groups is 1. The molecule has 2 fully saturated rings. The Morgan fingerprint density at radius 2 is 1.86 bits per heavy atom. The Kier molecular flexibility index (Phi) is 7.78. The normalized spacial score (nSPS) is 18.3. The van der Waals surface area contributed by atoms with Gasteiger partial charge < -0.3 is 4.90 Å². The Bertz CT molecular complexity index is 1270. The van der Waals surface area contributed by atoms with E-state index in [1.165, 1.54) is 11.8 Å². The molecule has 2 saturated heterocycles. The third-order valence-electron chi connectivity index (χ3n) is 6.72. The third kappa shape index (κ3) is 4.80. The molecule has 1 aromatic carbocycles. The summed E-state index contributed by atoms with van der Waals surface area (Å²) in [5.74, 6) is 0.668. The summed E-state index contributed by atoms with van der Waals surface area (Å²) in [5.41, 5.74) is 2.28. The van der Waals surface area contributed by atoms with Crippen LogP contribution in [0.3, 0.4) is 0 Å². The molecule has 3 heterocycles. The first-order chi connectivity index (χ1) is 16.9. The van der Waals surface area contributed by atoms with Gasteiger partial charge >= 0.3 is 0 Å². The fourth-order valence-corrected chi connectivity index (χ4v) is 6.25. The highest BCUT2D eigenvalue weighted by Crippen LogP contribution is 2.40. The number of nitrogens with zero attached hydrogens (tertiary/aromatic N) is 4. The molecule has 35 heavy (non-hydrogen) atoms. The van der Waals surface area contributed by atoms with E-state index in [0.717, 1.165) is 55.7 Å². The van der Waals surface area contributed by atoms with E-state index in [1.54, 1.807) is 9.47 Å². The molecule has 2 aliphatic heterocycles. The van der Waals surface area contributed by atoms with Crippen molar-refractivity contribution in [1.82, 2.24) is 9.47 Å². The summed E-state index contributed by atoms with van der Waals surface area (Å²) in [4.78, 5) is 31.3. The summed E-state index contributed by atoms with van der Waals surface area (Å²) in [6.45, 7) is 8.02. The van der Waals surface area contributed by atoms with Crippen LogP contribution in [0.4, 0.5) is 5.82 Å². The minimum Gasteiger partial charge on any atom is -0.357 e. The van der Waals surface area contributed by atoms with Gasteiger partial charge in [0.05, 0.1) is 10.9 Å². The van der Waals surface area contributed by atoms with Crippen LogP contribution in [0.5, 0.6) is 0 Å². The molecule has 1 unspecified atom stereocenters. The zero-order valence-electron chi connectivity index (χ0n) is 20.4. The summed E-state index contributed by atoms with van der Waals surface area (Å²) in [6, 6.07) is 11.8. The third-order valence-corrected chi connectivity index (χ3v) is 8.05. The number of hydrogen-bond acceptors (Lipinski definition) is 6. The molecule has 6 nitrogen and oxygen atoms in total. The molecule has 0 spiro atoms. The highest BCUT2D eigenvalue weighted by molar-refractivity contribution is 8.26. The molecule has 0 N–H and O–H groups in total. The van der Waals surface area contributed by atoms with E-state index in [1.807, 2.05) is 57.2 Å². The van der Waals surface area contributed by atoms with E-state index in [4.69, 9.17) is 12.2 Å². The summed E-state index contributed by atoms with van der Waals surface area (Å²) < 4.78 is 2.24. The van der Waals surface area contributed by atoms with Gasteiger partial charge in [-0.1, -0.05) is 61.2 Å². The van der Waals surface area contributed by atoms with Gasteiger partial charge in [0.25, 0.3) is 11.5 Å². The van der Waals surface area contributed by atoms with E-state index in [0.29, 0.717) is 21.3 Å². The van der Waals surface area contributed by atoms with Crippen LogP contribution in [0.1, 0.15) is 67.8 Å². The maximum absolute atomic E-state index is 13.6. The van der Waals surface area contributed by atoms with E-state index >= 15 is 0 Å². The van der Waals surface area contributed by atoms with E-state index in [9.17, 15) is 14.9 Å². The monoisotopic (exact) mass is 506 g/mol. The number of carbonyl (C=O) groups excluding carboxylic acids is 1. The predicted octanol–water partition coefficient (Wildman–Crippen LogP) is 5.39. The molecular formula is C27H30N4O2S2. The summed E-state index contributed by atoms with van der Waals surface area (Å²) in [7, 11) is 0. The molecule has 0 aliphatic carbocycles. The van der Waals surface area contributed by atoms with Gasteiger partial charge in [0.1, 0.15) is 21.8 Å². The smallest absolute Gasteiger partial charge is 0.270 e. The van der Waals surface area contributed by atoms with Crippen molar-refractivity contribution in [3.05, 3.63) is 67.8 Å². The van der Waals surface area contributed by atoms with Crippen molar-refractivity contribution < 1.29 is 4.79 Å². The average Bonchev–Trinajstić information content (AvgIpc) is 3.15. The molecule has 2 aliphatic rings. The van der Waals surface area contributed by atoms with Crippen molar-refractivity contribution in [2.24, 2.45) is 0 Å². The maximum atomic E-state index is 13.6. The number of hydrogen-bond donors (Lipinski definition) is 0. The summed E-state index contributed by atoms with van der Waals surface area (Å²) >= 11 is 6.90. The van der Waals surface area contributed by atoms with Crippen molar-refractivity contribution in [3.63, 3.8) is 0 Å². The highest BCUT2D eigenvalue weighted by Gasteiger charge is 2.36. The Hall–Kier alpha value is -2.89. The number of rotatable bonds is 6. The lowest BCUT2D eigenvalue weighted by atomic mass is 10.0. The van der Waals surface area contributed by atoms with Gasteiger partial charge in [-0.15, -0.1) is 0 Å². The standard InChI is InChI=1S/C27H30N4O2S2/c1-4-13-30-24(29-14-9-6-10-15-29)21(18(2)22(17-28)25(30)32)16-23-26(33)31(27(34)35-23)19(3)20-11-7-5-8-12-20/h5,7-8,11-12,16,19H,4,6,9-10,13-15H2,1-3H3. The first kappa shape index (κ1) is 25.2. The number of carbonyl (C=O) groups is 1. The summed E-state index contributed by atoms with van der Waals surface area (Å²) in [6.07, 6.45) is 5.88. The van der Waals surface area contributed by atoms with Gasteiger partial charge in [0.15, 0.2) is 0 Å². The molecule has 2 aromatic rings. The number of amides is 1. The quantitative estimate of drug-likeness (QED) is 0.386. The molecule has 0 saturated carbocycles. The topological polar surface area (TPSA) is 69.3 Å². The first-order valence-electron chi connectivity index (χ1n) is 12.1. The lowest BCUT2D eigenvalue weighted by molar-refractivity contribution is -0.123. The molecule has 182 valence electrons. The molecule has 0 radical (unpaired) electrons. The maximum Gasteiger partial charge on any atom is 0.270 e. The number of aromatic nitrogens is 1. The number of thiocarbonyl (C=S) groups is 1. The van der Waals surface area contributed by atoms with Crippen LogP contribution in [0.25, 0.3) is 6.08 Å². The van der Waals surface area contributed by atoms with Crippen LogP contribution in [0.15, 0.2) is 40.0 Å². The van der Waals surface area contributed by atoms with Crippen molar-refractivity contribution in [1.29, 1.82) is 5.26 Å². The zero-order valence-corrected chi connectivity index (χ0v) is 22.0. The van der Waals surface area contributed by atoms with Gasteiger partial charge in [-0.05, 0) is 56.7 Å². The molecule has 1 amide bonds. The van der Waals surface area contributed by atoms with Crippen molar-refractivity contribution in [2.45, 2.75) is 59.0 Å². The van der Waals surface area contributed by atoms with Crippen LogP contribution in [-0.2, 0) is 11.3 Å². The second-order valence-electron chi connectivity index (χ2n) is 8.99.